The van der Waals surface area contributed by atoms with Crippen molar-refractivity contribution in [2.45, 2.75) is 0 Å². The Morgan fingerprint density at radius 1 is 0.969 bits per heavy atom. The highest BCUT2D eigenvalue weighted by Crippen LogP contribution is 2.29. The monoisotopic (exact) mass is 424 g/mol. The molecule has 2 aromatic carbocycles. The Morgan fingerprint density at radius 3 is 2.69 bits per heavy atom. The first-order chi connectivity index (χ1) is 15.7. The fourth-order valence-electron chi connectivity index (χ4n) is 3.64. The van der Waals surface area contributed by atoms with E-state index in [0.29, 0.717) is 24.9 Å². The van der Waals surface area contributed by atoms with Crippen LogP contribution in [0.4, 0.5) is 23.3 Å². The van der Waals surface area contributed by atoms with Gasteiger partial charge in [-0.15, -0.1) is 4.91 Å². The molecule has 158 valence electrons. The van der Waals surface area contributed by atoms with E-state index in [1.807, 2.05) is 34.9 Å². The average Bonchev–Trinajstić information content (AvgIpc) is 3.30. The zero-order chi connectivity index (χ0) is 21.9. The summed E-state index contributed by atoms with van der Waals surface area (Å²) in [5.41, 5.74) is 8.55. The fourth-order valence-corrected chi connectivity index (χ4v) is 3.64. The second-order valence-corrected chi connectivity index (χ2v) is 7.19. The van der Waals surface area contributed by atoms with E-state index in [-0.39, 0.29) is 11.5 Å². The van der Waals surface area contributed by atoms with E-state index in [1.54, 1.807) is 12.3 Å². The number of nitrogens with one attached hydrogen (secondary N) is 2. The van der Waals surface area contributed by atoms with Gasteiger partial charge in [0, 0.05) is 37.1 Å². The van der Waals surface area contributed by atoms with Crippen LogP contribution in [0.25, 0.3) is 27.7 Å². The third-order valence-electron chi connectivity index (χ3n) is 5.17. The standard InChI is InChI=1S/C23H20N8O/c24-22-18(30-32)8-9-20(29-22)25-10-11-27-23-28-19(14-21-26-12-13-31(21)23)17-7-3-5-15-4-1-2-6-16(15)17/h1-9,12-14H,10-11H2,(H,27,28)(H3,24,25,29). The third-order valence-corrected chi connectivity index (χ3v) is 5.17. The molecule has 3 heterocycles. The molecule has 0 aliphatic rings. The molecule has 0 amide bonds. The maximum absolute atomic E-state index is 10.6. The molecule has 0 radical (unpaired) electrons. The van der Waals surface area contributed by atoms with Crippen LogP contribution >= 0.6 is 0 Å². The van der Waals surface area contributed by atoms with E-state index in [4.69, 9.17) is 10.7 Å². The topological polar surface area (TPSA) is 123 Å². The van der Waals surface area contributed by atoms with Crippen molar-refractivity contribution in [3.05, 3.63) is 78.0 Å². The third kappa shape index (κ3) is 3.67. The Kier molecular flexibility index (Phi) is 5.04. The van der Waals surface area contributed by atoms with Crippen molar-refractivity contribution in [3.8, 4) is 11.3 Å². The highest BCUT2D eigenvalue weighted by atomic mass is 16.3. The molecule has 0 aliphatic carbocycles. The van der Waals surface area contributed by atoms with Crippen molar-refractivity contribution in [1.29, 1.82) is 0 Å². The number of hydrogen-bond acceptors (Lipinski definition) is 8. The van der Waals surface area contributed by atoms with Crippen LogP contribution in [0.2, 0.25) is 0 Å². The lowest BCUT2D eigenvalue weighted by Crippen LogP contribution is -2.17. The second-order valence-electron chi connectivity index (χ2n) is 7.19. The summed E-state index contributed by atoms with van der Waals surface area (Å²) in [5, 5.41) is 11.7. The van der Waals surface area contributed by atoms with E-state index >= 15 is 0 Å². The van der Waals surface area contributed by atoms with Gasteiger partial charge in [-0.25, -0.2) is 15.0 Å². The van der Waals surface area contributed by atoms with Gasteiger partial charge in [-0.1, -0.05) is 42.5 Å². The minimum Gasteiger partial charge on any atom is -0.382 e. The second kappa shape index (κ2) is 8.31. The van der Waals surface area contributed by atoms with Gasteiger partial charge in [0.05, 0.1) is 5.69 Å². The molecule has 9 nitrogen and oxygen atoms in total. The normalized spacial score (nSPS) is 11.0. The molecule has 5 aromatic rings. The van der Waals surface area contributed by atoms with Gasteiger partial charge in [0.25, 0.3) is 0 Å². The summed E-state index contributed by atoms with van der Waals surface area (Å²) in [7, 11) is 0. The molecular weight excluding hydrogens is 404 g/mol. The van der Waals surface area contributed by atoms with Crippen molar-refractivity contribution in [2.24, 2.45) is 5.18 Å². The van der Waals surface area contributed by atoms with Crippen LogP contribution in [-0.4, -0.2) is 32.4 Å². The van der Waals surface area contributed by atoms with Crippen LogP contribution < -0.4 is 16.4 Å². The number of anilines is 3. The summed E-state index contributed by atoms with van der Waals surface area (Å²) in [4.78, 5) is 24.1. The van der Waals surface area contributed by atoms with Crippen molar-refractivity contribution >= 4 is 39.7 Å². The van der Waals surface area contributed by atoms with Gasteiger partial charge in [-0.3, -0.25) is 4.40 Å². The number of fused-ring (bicyclic) bond motifs is 2. The molecule has 0 saturated heterocycles. The van der Waals surface area contributed by atoms with Crippen molar-refractivity contribution in [2.75, 3.05) is 29.5 Å². The molecule has 0 unspecified atom stereocenters. The molecule has 3 aromatic heterocycles. The predicted molar refractivity (Wildman–Crippen MR) is 127 cm³/mol. The largest absolute Gasteiger partial charge is 0.382 e. The molecule has 0 atom stereocenters. The fraction of sp³-hybridized carbons (Fsp3) is 0.0870. The lowest BCUT2D eigenvalue weighted by Gasteiger charge is -2.12. The molecule has 9 heteroatoms. The summed E-state index contributed by atoms with van der Waals surface area (Å²) in [6.07, 6.45) is 3.63. The van der Waals surface area contributed by atoms with Gasteiger partial charge in [0.15, 0.2) is 5.82 Å². The number of nitrogen functional groups attached to an aromatic ring is 1. The van der Waals surface area contributed by atoms with E-state index in [2.05, 4.69) is 50.0 Å². The van der Waals surface area contributed by atoms with Crippen molar-refractivity contribution in [3.63, 3.8) is 0 Å². The molecule has 0 saturated carbocycles. The lowest BCUT2D eigenvalue weighted by molar-refractivity contribution is 0.996. The number of nitrogens with zero attached hydrogens (tertiary/aromatic N) is 5. The first kappa shape index (κ1) is 19.4. The molecule has 0 spiro atoms. The molecule has 32 heavy (non-hydrogen) atoms. The van der Waals surface area contributed by atoms with Gasteiger partial charge in [0.2, 0.25) is 5.95 Å². The Bertz CT molecular complexity index is 1420. The summed E-state index contributed by atoms with van der Waals surface area (Å²) in [6.45, 7) is 1.14. The van der Waals surface area contributed by atoms with Crippen molar-refractivity contribution in [1.82, 2.24) is 19.4 Å². The summed E-state index contributed by atoms with van der Waals surface area (Å²) in [6, 6.07) is 19.7. The Hall–Kier alpha value is -4.53. The number of pyridine rings is 1. The number of nitrogens with two attached hydrogens (primary N) is 1. The molecule has 4 N–H and O–H groups in total. The molecular formula is C23H20N8O. The van der Waals surface area contributed by atoms with Crippen molar-refractivity contribution < 1.29 is 0 Å². The maximum atomic E-state index is 10.6. The van der Waals surface area contributed by atoms with Crippen LogP contribution in [0.15, 0.2) is 78.2 Å². The summed E-state index contributed by atoms with van der Waals surface area (Å²) >= 11 is 0. The highest BCUT2D eigenvalue weighted by Gasteiger charge is 2.11. The number of nitroso groups, excluding NO2 is 1. The summed E-state index contributed by atoms with van der Waals surface area (Å²) in [5.74, 6) is 1.36. The van der Waals surface area contributed by atoms with E-state index in [0.717, 1.165) is 27.7 Å². The molecule has 0 aliphatic heterocycles. The first-order valence-electron chi connectivity index (χ1n) is 10.1. The van der Waals surface area contributed by atoms with Crippen LogP contribution in [0.3, 0.4) is 0 Å². The highest BCUT2D eigenvalue weighted by molar-refractivity contribution is 5.96. The van der Waals surface area contributed by atoms with E-state index in [9.17, 15) is 4.91 Å². The molecule has 0 bridgehead atoms. The Balaban J connectivity index is 1.38. The van der Waals surface area contributed by atoms with Crippen LogP contribution in [0.5, 0.6) is 0 Å². The number of benzene rings is 2. The smallest absolute Gasteiger partial charge is 0.209 e. The predicted octanol–water partition coefficient (Wildman–Crippen LogP) is 4.45. The first-order valence-corrected chi connectivity index (χ1v) is 10.1. The minimum atomic E-state index is 0.0996. The van der Waals surface area contributed by atoms with Gasteiger partial charge >= 0.3 is 0 Å². The van der Waals surface area contributed by atoms with Gasteiger partial charge in [0.1, 0.15) is 17.2 Å². The number of aromatic nitrogens is 4. The quantitative estimate of drug-likeness (QED) is 0.260. The SMILES string of the molecule is Nc1nc(NCCNc2nc(-c3cccc4ccccc34)cc3nccn23)ccc1N=O. The van der Waals surface area contributed by atoms with Crippen LogP contribution in [-0.2, 0) is 0 Å². The van der Waals surface area contributed by atoms with E-state index < -0.39 is 0 Å². The summed E-state index contributed by atoms with van der Waals surface area (Å²) < 4.78 is 1.91. The number of imidazole rings is 1. The van der Waals surface area contributed by atoms with E-state index in [1.165, 1.54) is 6.07 Å². The van der Waals surface area contributed by atoms with Crippen LogP contribution in [0, 0.1) is 4.91 Å². The maximum Gasteiger partial charge on any atom is 0.209 e. The molecule has 0 fully saturated rings. The van der Waals surface area contributed by atoms with Gasteiger partial charge < -0.3 is 16.4 Å². The zero-order valence-electron chi connectivity index (χ0n) is 17.1. The van der Waals surface area contributed by atoms with Gasteiger partial charge in [-0.05, 0) is 28.1 Å². The number of hydrogen-bond donors (Lipinski definition) is 3. The zero-order valence-corrected chi connectivity index (χ0v) is 17.1. The minimum absolute atomic E-state index is 0.0996. The lowest BCUT2D eigenvalue weighted by atomic mass is 10.0. The number of rotatable bonds is 7. The Labute approximate surface area is 183 Å². The Morgan fingerprint density at radius 2 is 1.81 bits per heavy atom. The molecule has 5 rings (SSSR count). The van der Waals surface area contributed by atoms with Gasteiger partial charge in [-0.2, -0.15) is 0 Å². The van der Waals surface area contributed by atoms with Crippen LogP contribution in [0.1, 0.15) is 0 Å². The average molecular weight is 424 g/mol.